The summed E-state index contributed by atoms with van der Waals surface area (Å²) in [5.41, 5.74) is 1.24. The van der Waals surface area contributed by atoms with Crippen molar-refractivity contribution in [1.82, 2.24) is 0 Å². The van der Waals surface area contributed by atoms with Gasteiger partial charge in [0.15, 0.2) is 23.5 Å². The first kappa shape index (κ1) is 17.9. The molecule has 0 saturated heterocycles. The van der Waals surface area contributed by atoms with Crippen LogP contribution < -0.4 is 0 Å². The minimum Gasteiger partial charge on any atom is -0.493 e. The van der Waals surface area contributed by atoms with E-state index in [1.807, 2.05) is 6.92 Å². The number of allylic oxidation sites excluding steroid dienone is 2. The summed E-state index contributed by atoms with van der Waals surface area (Å²) in [5.74, 6) is 1.12. The molecule has 0 amide bonds. The summed E-state index contributed by atoms with van der Waals surface area (Å²) in [6.45, 7) is 10.7. The standard InChI is InChI=1S/C22H29FO3/c1-11-12(2)18-19(26-5)16(24)7-9-21(18,3)13-6-8-22(4)14(17(11)13)10-15(23)20(22)25/h11,13-15,17H,2,6-10H2,1,3-5H3/t11-,13+,14+,15-,17-,21-,22+/m1/s1. The van der Waals surface area contributed by atoms with Gasteiger partial charge in [-0.3, -0.25) is 9.59 Å². The molecule has 0 aliphatic heterocycles. The van der Waals surface area contributed by atoms with Crippen molar-refractivity contribution in [2.45, 2.75) is 59.0 Å². The van der Waals surface area contributed by atoms with Gasteiger partial charge in [-0.15, -0.1) is 0 Å². The Bertz CT molecular complexity index is 738. The Balaban J connectivity index is 1.85. The average molecular weight is 360 g/mol. The molecule has 0 spiro atoms. The molecule has 0 aromatic heterocycles. The van der Waals surface area contributed by atoms with Crippen molar-refractivity contribution >= 4 is 11.6 Å². The average Bonchev–Trinajstić information content (AvgIpc) is 2.84. The number of Topliss-reactive ketones (excluding diaryl/α,β-unsaturated/α-hetero) is 2. The fraction of sp³-hybridized carbons (Fsp3) is 0.727. The monoisotopic (exact) mass is 360 g/mol. The van der Waals surface area contributed by atoms with Crippen molar-refractivity contribution in [3.8, 4) is 0 Å². The molecule has 3 nitrogen and oxygen atoms in total. The molecule has 4 rings (SSSR count). The Morgan fingerprint density at radius 3 is 2.50 bits per heavy atom. The van der Waals surface area contributed by atoms with E-state index in [2.05, 4.69) is 20.4 Å². The summed E-state index contributed by atoms with van der Waals surface area (Å²) in [5, 5.41) is 0. The molecule has 4 heteroatoms. The Hall–Kier alpha value is -1.45. The van der Waals surface area contributed by atoms with Crippen molar-refractivity contribution in [1.29, 1.82) is 0 Å². The molecule has 3 fully saturated rings. The zero-order valence-electron chi connectivity index (χ0n) is 16.2. The third-order valence-corrected chi connectivity index (χ3v) is 8.42. The summed E-state index contributed by atoms with van der Waals surface area (Å²) in [6.07, 6.45) is 1.95. The van der Waals surface area contributed by atoms with Gasteiger partial charge in [-0.25, -0.2) is 4.39 Å². The second-order valence-electron chi connectivity index (χ2n) is 9.38. The van der Waals surface area contributed by atoms with Crippen LogP contribution in [0.2, 0.25) is 0 Å². The second-order valence-corrected chi connectivity index (χ2v) is 9.38. The predicted molar refractivity (Wildman–Crippen MR) is 97.0 cm³/mol. The number of fused-ring (bicyclic) bond motifs is 5. The minimum absolute atomic E-state index is 0.0623. The van der Waals surface area contributed by atoms with E-state index < -0.39 is 11.6 Å². The van der Waals surface area contributed by atoms with Gasteiger partial charge >= 0.3 is 0 Å². The highest BCUT2D eigenvalue weighted by molar-refractivity contribution is 5.96. The van der Waals surface area contributed by atoms with Gasteiger partial charge in [0.1, 0.15) is 0 Å². The van der Waals surface area contributed by atoms with Gasteiger partial charge in [-0.05, 0) is 54.9 Å². The maximum atomic E-state index is 14.4. The quantitative estimate of drug-likeness (QED) is 0.695. The molecule has 7 atom stereocenters. The minimum atomic E-state index is -1.32. The smallest absolute Gasteiger partial charge is 0.197 e. The number of methoxy groups -OCH3 is 1. The van der Waals surface area contributed by atoms with Gasteiger partial charge < -0.3 is 4.74 Å². The van der Waals surface area contributed by atoms with Crippen LogP contribution in [0.25, 0.3) is 0 Å². The van der Waals surface area contributed by atoms with Gasteiger partial charge in [0.2, 0.25) is 0 Å². The van der Waals surface area contributed by atoms with E-state index >= 15 is 0 Å². The van der Waals surface area contributed by atoms with Crippen molar-refractivity contribution in [3.63, 3.8) is 0 Å². The Kier molecular flexibility index (Phi) is 3.81. The molecule has 0 unspecified atom stereocenters. The lowest BCUT2D eigenvalue weighted by Gasteiger charge is -2.59. The number of rotatable bonds is 1. The van der Waals surface area contributed by atoms with Crippen LogP contribution in [0, 0.1) is 34.5 Å². The molecule has 0 N–H and O–H groups in total. The lowest BCUT2D eigenvalue weighted by molar-refractivity contribution is -0.136. The first-order valence-electron chi connectivity index (χ1n) is 9.86. The molecular formula is C22H29FO3. The van der Waals surface area contributed by atoms with Gasteiger partial charge in [0.25, 0.3) is 0 Å². The van der Waals surface area contributed by atoms with E-state index in [1.54, 1.807) is 7.11 Å². The first-order chi connectivity index (χ1) is 12.2. The van der Waals surface area contributed by atoms with Crippen LogP contribution in [0.3, 0.4) is 0 Å². The van der Waals surface area contributed by atoms with E-state index in [1.165, 1.54) is 0 Å². The van der Waals surface area contributed by atoms with Crippen LogP contribution in [0.15, 0.2) is 23.5 Å². The van der Waals surface area contributed by atoms with Gasteiger partial charge in [0.05, 0.1) is 7.11 Å². The molecule has 142 valence electrons. The van der Waals surface area contributed by atoms with Crippen LogP contribution in [0.5, 0.6) is 0 Å². The van der Waals surface area contributed by atoms with Crippen molar-refractivity contribution in [3.05, 3.63) is 23.5 Å². The largest absolute Gasteiger partial charge is 0.493 e. The third kappa shape index (κ3) is 1.99. The molecule has 0 aromatic carbocycles. The van der Waals surface area contributed by atoms with E-state index in [9.17, 15) is 14.0 Å². The second kappa shape index (κ2) is 5.53. The molecule has 0 heterocycles. The van der Waals surface area contributed by atoms with Crippen LogP contribution in [-0.4, -0.2) is 24.8 Å². The van der Waals surface area contributed by atoms with E-state index in [-0.39, 0.29) is 34.7 Å². The Labute approximate surface area is 155 Å². The SMILES string of the molecule is C=C1C2=C(OC)C(=O)CC[C@]2(C)[C@H]2CC[C@]3(C)C(=O)[C@H](F)C[C@H]3[C@@H]2[C@@H]1C. The molecule has 26 heavy (non-hydrogen) atoms. The molecular weight excluding hydrogens is 331 g/mol. The molecule has 0 radical (unpaired) electrons. The van der Waals surface area contributed by atoms with Crippen molar-refractivity contribution in [2.75, 3.05) is 7.11 Å². The molecule has 0 aromatic rings. The topological polar surface area (TPSA) is 43.4 Å². The number of ether oxygens (including phenoxy) is 1. The maximum Gasteiger partial charge on any atom is 0.197 e. The summed E-state index contributed by atoms with van der Waals surface area (Å²) in [7, 11) is 1.57. The number of alkyl halides is 1. The number of hydrogen-bond donors (Lipinski definition) is 0. The highest BCUT2D eigenvalue weighted by atomic mass is 19.1. The summed E-state index contributed by atoms with van der Waals surface area (Å²) in [6, 6.07) is 0. The van der Waals surface area contributed by atoms with E-state index in [4.69, 9.17) is 4.74 Å². The summed E-state index contributed by atoms with van der Waals surface area (Å²) >= 11 is 0. The number of halogens is 1. The molecule has 3 saturated carbocycles. The summed E-state index contributed by atoms with van der Waals surface area (Å²) < 4.78 is 19.9. The Morgan fingerprint density at radius 2 is 1.85 bits per heavy atom. The van der Waals surface area contributed by atoms with Crippen LogP contribution >= 0.6 is 0 Å². The fourth-order valence-electron chi connectivity index (χ4n) is 6.96. The number of hydrogen-bond acceptors (Lipinski definition) is 3. The fourth-order valence-corrected chi connectivity index (χ4v) is 6.96. The maximum absolute atomic E-state index is 14.4. The zero-order chi connectivity index (χ0) is 19.0. The van der Waals surface area contributed by atoms with Crippen LogP contribution in [0.4, 0.5) is 4.39 Å². The highest BCUT2D eigenvalue weighted by Crippen LogP contribution is 2.67. The van der Waals surface area contributed by atoms with Gasteiger partial charge in [0, 0.05) is 22.8 Å². The van der Waals surface area contributed by atoms with Crippen molar-refractivity contribution < 1.29 is 18.7 Å². The lowest BCUT2D eigenvalue weighted by atomic mass is 9.44. The van der Waals surface area contributed by atoms with Crippen molar-refractivity contribution in [2.24, 2.45) is 34.5 Å². The predicted octanol–water partition coefficient (Wildman–Crippen LogP) is 4.42. The zero-order valence-corrected chi connectivity index (χ0v) is 16.2. The molecule has 4 aliphatic rings. The highest BCUT2D eigenvalue weighted by Gasteiger charge is 2.64. The Morgan fingerprint density at radius 1 is 1.15 bits per heavy atom. The van der Waals surface area contributed by atoms with E-state index in [0.717, 1.165) is 30.4 Å². The van der Waals surface area contributed by atoms with Gasteiger partial charge in [-0.2, -0.15) is 0 Å². The lowest BCUT2D eigenvalue weighted by Crippen LogP contribution is -2.54. The van der Waals surface area contributed by atoms with Crippen LogP contribution in [0.1, 0.15) is 52.9 Å². The van der Waals surface area contributed by atoms with Crippen LogP contribution in [-0.2, 0) is 14.3 Å². The van der Waals surface area contributed by atoms with E-state index in [0.29, 0.717) is 24.5 Å². The third-order valence-electron chi connectivity index (χ3n) is 8.42. The number of ketones is 2. The molecule has 4 aliphatic carbocycles. The number of carbonyl (C=O) groups is 2. The molecule has 0 bridgehead atoms. The normalized spacial score (nSPS) is 48.2. The van der Waals surface area contributed by atoms with Gasteiger partial charge in [-0.1, -0.05) is 27.4 Å². The summed E-state index contributed by atoms with van der Waals surface area (Å²) in [4.78, 5) is 25.0. The first-order valence-corrected chi connectivity index (χ1v) is 9.86. The number of carbonyl (C=O) groups excluding carboxylic acids is 2.